The topological polar surface area (TPSA) is 94.4 Å². The van der Waals surface area contributed by atoms with E-state index < -0.39 is 60.3 Å². The van der Waals surface area contributed by atoms with Crippen LogP contribution in [-0.2, 0) is 15.1 Å². The SMILES string of the molecule is CCN(CC)C(=O)c1nc(C(=O)N2CC3(C2)CS(=N)(=O)C3)sc1-c1ccc(C(C)(C(F)(F)F)C(F)(F)F)c(Cl)c1Cl. The van der Waals surface area contributed by atoms with Crippen LogP contribution in [0.3, 0.4) is 0 Å². The van der Waals surface area contributed by atoms with Crippen LogP contribution in [0.25, 0.3) is 10.4 Å². The van der Waals surface area contributed by atoms with Gasteiger partial charge in [-0.25, -0.2) is 9.19 Å². The Labute approximate surface area is 245 Å². The smallest absolute Gasteiger partial charge is 0.338 e. The number of alkyl halides is 6. The third-order valence-electron chi connectivity index (χ3n) is 7.48. The summed E-state index contributed by atoms with van der Waals surface area (Å²) in [6.07, 6.45) is -11.5. The molecule has 4 rings (SSSR count). The predicted molar refractivity (Wildman–Crippen MR) is 143 cm³/mol. The lowest BCUT2D eigenvalue weighted by Gasteiger charge is -2.55. The number of amides is 2. The number of hydrogen-bond donors (Lipinski definition) is 1. The number of carbonyl (C=O) groups excluding carboxylic acids is 2. The zero-order valence-corrected chi connectivity index (χ0v) is 24.9. The lowest BCUT2D eigenvalue weighted by atomic mass is 9.80. The minimum Gasteiger partial charge on any atom is -0.338 e. The van der Waals surface area contributed by atoms with Crippen molar-refractivity contribution in [1.82, 2.24) is 14.8 Å². The molecule has 1 aromatic carbocycles. The highest BCUT2D eigenvalue weighted by Gasteiger charge is 2.69. The minimum atomic E-state index is -5.77. The summed E-state index contributed by atoms with van der Waals surface area (Å²) >= 11 is 13.1. The van der Waals surface area contributed by atoms with Crippen molar-refractivity contribution >= 4 is 56.1 Å². The highest BCUT2D eigenvalue weighted by atomic mass is 35.5. The van der Waals surface area contributed by atoms with Crippen molar-refractivity contribution in [3.8, 4) is 10.4 Å². The van der Waals surface area contributed by atoms with Crippen LogP contribution in [0.2, 0.25) is 10.0 Å². The maximum atomic E-state index is 13.7. The minimum absolute atomic E-state index is 0.0376. The molecule has 41 heavy (non-hydrogen) atoms. The van der Waals surface area contributed by atoms with Crippen molar-refractivity contribution < 1.29 is 40.1 Å². The lowest BCUT2D eigenvalue weighted by molar-refractivity contribution is -0.297. The Kier molecular flexibility index (Phi) is 7.97. The van der Waals surface area contributed by atoms with Crippen LogP contribution in [0, 0.1) is 10.2 Å². The summed E-state index contributed by atoms with van der Waals surface area (Å²) in [6.45, 7) is 4.32. The number of halogens is 8. The van der Waals surface area contributed by atoms with Gasteiger partial charge >= 0.3 is 12.4 Å². The van der Waals surface area contributed by atoms with Crippen LogP contribution in [0.4, 0.5) is 26.3 Å². The molecule has 1 N–H and O–H groups in total. The quantitative estimate of drug-likeness (QED) is 0.358. The summed E-state index contributed by atoms with van der Waals surface area (Å²) in [5.74, 6) is -0.842. The van der Waals surface area contributed by atoms with Crippen molar-refractivity contribution in [2.24, 2.45) is 5.41 Å². The van der Waals surface area contributed by atoms with E-state index in [9.17, 15) is 40.1 Å². The number of rotatable bonds is 6. The van der Waals surface area contributed by atoms with E-state index in [1.165, 1.54) is 9.80 Å². The Morgan fingerprint density at radius 3 is 2.07 bits per heavy atom. The van der Waals surface area contributed by atoms with Gasteiger partial charge in [0, 0.05) is 58.4 Å². The number of nitrogens with one attached hydrogen (secondary N) is 1. The van der Waals surface area contributed by atoms with Gasteiger partial charge in [0.1, 0.15) is 5.69 Å². The molecule has 0 bridgehead atoms. The molecule has 0 atom stereocenters. The monoisotopic (exact) mass is 664 g/mol. The average molecular weight is 666 g/mol. The first-order valence-electron chi connectivity index (χ1n) is 12.2. The molecular formula is C24H24Cl2F6N4O3S2. The first-order chi connectivity index (χ1) is 18.7. The largest absolute Gasteiger partial charge is 0.406 e. The van der Waals surface area contributed by atoms with Gasteiger partial charge in [0.2, 0.25) is 0 Å². The van der Waals surface area contributed by atoms with Crippen molar-refractivity contribution in [1.29, 1.82) is 4.78 Å². The zero-order valence-electron chi connectivity index (χ0n) is 21.8. The molecule has 2 aromatic rings. The van der Waals surface area contributed by atoms with Crippen LogP contribution in [0.1, 0.15) is 46.6 Å². The Balaban J connectivity index is 1.79. The number of benzene rings is 1. The molecule has 0 saturated carbocycles. The molecule has 1 aromatic heterocycles. The highest BCUT2D eigenvalue weighted by molar-refractivity contribution is 7.93. The van der Waals surface area contributed by atoms with E-state index in [1.54, 1.807) is 13.8 Å². The lowest BCUT2D eigenvalue weighted by Crippen LogP contribution is -2.69. The van der Waals surface area contributed by atoms with Crippen LogP contribution < -0.4 is 0 Å². The van der Waals surface area contributed by atoms with Crippen molar-refractivity contribution in [2.75, 3.05) is 37.7 Å². The van der Waals surface area contributed by atoms with Crippen LogP contribution in [0.5, 0.6) is 0 Å². The van der Waals surface area contributed by atoms with E-state index in [-0.39, 0.29) is 65.8 Å². The van der Waals surface area contributed by atoms with Gasteiger partial charge in [0.05, 0.1) is 14.9 Å². The fraction of sp³-hybridized carbons (Fsp3) is 0.542. The van der Waals surface area contributed by atoms with E-state index in [2.05, 4.69) is 4.98 Å². The molecule has 0 aliphatic carbocycles. The molecule has 0 radical (unpaired) electrons. The van der Waals surface area contributed by atoms with Gasteiger partial charge < -0.3 is 9.80 Å². The summed E-state index contributed by atoms with van der Waals surface area (Å²) < 4.78 is 102. The van der Waals surface area contributed by atoms with Crippen molar-refractivity contribution in [3.05, 3.63) is 38.4 Å². The summed E-state index contributed by atoms with van der Waals surface area (Å²) in [4.78, 5) is 33.5. The molecule has 2 fully saturated rings. The van der Waals surface area contributed by atoms with Crippen molar-refractivity contribution in [3.63, 3.8) is 0 Å². The number of aromatic nitrogens is 1. The fourth-order valence-electron chi connectivity index (χ4n) is 5.15. The van der Waals surface area contributed by atoms with E-state index >= 15 is 0 Å². The van der Waals surface area contributed by atoms with Crippen LogP contribution in [0.15, 0.2) is 12.1 Å². The van der Waals surface area contributed by atoms with Crippen LogP contribution >= 0.6 is 34.5 Å². The summed E-state index contributed by atoms with van der Waals surface area (Å²) in [5.41, 5.74) is -6.47. The molecule has 2 saturated heterocycles. The fourth-order valence-corrected chi connectivity index (χ4v) is 9.13. The maximum absolute atomic E-state index is 13.7. The molecule has 226 valence electrons. The molecule has 17 heteroatoms. The van der Waals surface area contributed by atoms with Gasteiger partial charge in [-0.05, 0) is 26.3 Å². The van der Waals surface area contributed by atoms with E-state index in [0.717, 1.165) is 6.07 Å². The number of nitrogens with zero attached hydrogens (tertiary/aromatic N) is 3. The van der Waals surface area contributed by atoms with Gasteiger partial charge in [-0.15, -0.1) is 11.3 Å². The Morgan fingerprint density at radius 2 is 1.61 bits per heavy atom. The third-order valence-corrected chi connectivity index (χ3v) is 11.6. The Morgan fingerprint density at radius 1 is 1.07 bits per heavy atom. The van der Waals surface area contributed by atoms with E-state index in [0.29, 0.717) is 17.4 Å². The second-order valence-electron chi connectivity index (χ2n) is 10.3. The molecule has 2 amide bonds. The van der Waals surface area contributed by atoms with E-state index in [1.807, 2.05) is 0 Å². The standard InChI is InChI=1S/C24H24Cl2F6N4O3S2/c1-4-35(5-2)19(37)16-17(40-18(34-16)20(38)36-8-22(9-36)10-41(33,39)11-22)12-6-7-13(15(26)14(12)25)21(3,23(27,28)29)24(30,31)32/h6-7,33H,4-5,8-11H2,1-3H3. The molecule has 7 nitrogen and oxygen atoms in total. The molecule has 0 unspecified atom stereocenters. The van der Waals surface area contributed by atoms with Gasteiger partial charge in [0.25, 0.3) is 11.8 Å². The highest BCUT2D eigenvalue weighted by Crippen LogP contribution is 2.55. The number of carbonyl (C=O) groups is 2. The zero-order chi connectivity index (χ0) is 30.9. The number of likely N-dealkylation sites (tertiary alicyclic amines) is 1. The summed E-state index contributed by atoms with van der Waals surface area (Å²) in [7, 11) is -2.64. The molecule has 3 heterocycles. The third kappa shape index (κ3) is 5.20. The number of thiazole rings is 1. The molecule has 1 spiro atoms. The predicted octanol–water partition coefficient (Wildman–Crippen LogP) is 6.48. The van der Waals surface area contributed by atoms with Gasteiger partial charge in [0.15, 0.2) is 10.4 Å². The van der Waals surface area contributed by atoms with Gasteiger partial charge in [-0.1, -0.05) is 35.3 Å². The normalized spacial score (nSPS) is 18.2. The number of hydrogen-bond acceptors (Lipinski definition) is 6. The maximum Gasteiger partial charge on any atom is 0.406 e. The van der Waals surface area contributed by atoms with Crippen molar-refractivity contribution in [2.45, 2.75) is 38.5 Å². The second-order valence-corrected chi connectivity index (χ2v) is 14.3. The van der Waals surface area contributed by atoms with Gasteiger partial charge in [-0.2, -0.15) is 26.3 Å². The molecule has 2 aliphatic rings. The second kappa shape index (κ2) is 10.3. The van der Waals surface area contributed by atoms with E-state index in [4.69, 9.17) is 28.0 Å². The summed E-state index contributed by atoms with van der Waals surface area (Å²) in [5, 5.41) is -1.82. The molecule has 2 aliphatic heterocycles. The Hall–Kier alpha value is -2.10. The first-order valence-corrected chi connectivity index (χ1v) is 15.6. The summed E-state index contributed by atoms with van der Waals surface area (Å²) in [6, 6.07) is 1.46. The van der Waals surface area contributed by atoms with Crippen LogP contribution in [-0.4, -0.2) is 80.8 Å². The molecular weight excluding hydrogens is 641 g/mol. The average Bonchev–Trinajstić information content (AvgIpc) is 3.26. The van der Waals surface area contributed by atoms with Gasteiger partial charge in [-0.3, -0.25) is 14.4 Å². The first kappa shape index (κ1) is 31.8. The Bertz CT molecular complexity index is 1490.